The Morgan fingerprint density at radius 2 is 1.74 bits per heavy atom. The fraction of sp³-hybridized carbons (Fsp3) is 0.452. The first-order chi connectivity index (χ1) is 19.0. The largest absolute Gasteiger partial charge is 0.493 e. The Bertz CT molecular complexity index is 1220. The van der Waals surface area contributed by atoms with E-state index < -0.39 is 0 Å². The van der Waals surface area contributed by atoms with Crippen LogP contribution in [0.4, 0.5) is 16.3 Å². The minimum absolute atomic E-state index is 0.0775. The number of para-hydroxylation sites is 1. The third-order valence-corrected chi connectivity index (χ3v) is 7.92. The molecule has 206 valence electrons. The van der Waals surface area contributed by atoms with Crippen LogP contribution in [0.15, 0.2) is 61.1 Å². The molecular weight excluding hydrogens is 488 g/mol. The summed E-state index contributed by atoms with van der Waals surface area (Å²) in [6.07, 6.45) is 7.44. The van der Waals surface area contributed by atoms with Gasteiger partial charge in [-0.25, -0.2) is 9.78 Å². The molecule has 2 amide bonds. The van der Waals surface area contributed by atoms with Gasteiger partial charge in [0, 0.05) is 55.9 Å². The van der Waals surface area contributed by atoms with Gasteiger partial charge >= 0.3 is 6.03 Å². The van der Waals surface area contributed by atoms with Gasteiger partial charge in [-0.2, -0.15) is 0 Å². The summed E-state index contributed by atoms with van der Waals surface area (Å²) in [5, 5.41) is 3.07. The number of aromatic nitrogens is 2. The molecule has 1 aromatic heterocycles. The molecule has 2 aromatic carbocycles. The summed E-state index contributed by atoms with van der Waals surface area (Å²) in [6.45, 7) is 12.2. The van der Waals surface area contributed by atoms with Crippen LogP contribution in [-0.2, 0) is 0 Å². The number of nitrogens with zero attached hydrogens (tertiary/aromatic N) is 5. The number of benzene rings is 2. The third kappa shape index (κ3) is 6.33. The van der Waals surface area contributed by atoms with E-state index in [9.17, 15) is 4.79 Å². The van der Waals surface area contributed by atoms with E-state index in [2.05, 4.69) is 69.3 Å². The van der Waals surface area contributed by atoms with Gasteiger partial charge in [-0.1, -0.05) is 30.3 Å². The van der Waals surface area contributed by atoms with Crippen molar-refractivity contribution in [2.24, 2.45) is 0 Å². The van der Waals surface area contributed by atoms with Crippen molar-refractivity contribution in [1.29, 1.82) is 0 Å². The lowest BCUT2D eigenvalue weighted by Gasteiger charge is -2.35. The first-order valence-electron chi connectivity index (χ1n) is 14.2. The summed E-state index contributed by atoms with van der Waals surface area (Å²) >= 11 is 0. The van der Waals surface area contributed by atoms with Crippen molar-refractivity contribution >= 4 is 17.5 Å². The van der Waals surface area contributed by atoms with Crippen LogP contribution in [0.25, 0.3) is 11.1 Å². The van der Waals surface area contributed by atoms with Crippen molar-refractivity contribution in [3.63, 3.8) is 0 Å². The lowest BCUT2D eigenvalue weighted by atomic mass is 9.86. The van der Waals surface area contributed by atoms with Crippen LogP contribution in [0, 0.1) is 0 Å². The van der Waals surface area contributed by atoms with Crippen LogP contribution in [-0.4, -0.2) is 77.7 Å². The smallest absolute Gasteiger partial charge is 0.321 e. The van der Waals surface area contributed by atoms with Crippen LogP contribution in [0.3, 0.4) is 0 Å². The molecule has 3 aromatic rings. The fourth-order valence-corrected chi connectivity index (χ4v) is 5.66. The zero-order chi connectivity index (χ0) is 27.2. The van der Waals surface area contributed by atoms with E-state index >= 15 is 0 Å². The quantitative estimate of drug-likeness (QED) is 0.438. The third-order valence-electron chi connectivity index (χ3n) is 7.92. The molecule has 8 nitrogen and oxygen atoms in total. The molecule has 1 N–H and O–H groups in total. The number of rotatable bonds is 7. The predicted octanol–water partition coefficient (Wildman–Crippen LogP) is 5.48. The predicted molar refractivity (Wildman–Crippen MR) is 157 cm³/mol. The topological polar surface area (TPSA) is 73.8 Å². The van der Waals surface area contributed by atoms with E-state index in [4.69, 9.17) is 4.74 Å². The second-order valence-corrected chi connectivity index (χ2v) is 10.6. The average molecular weight is 529 g/mol. The highest BCUT2D eigenvalue weighted by Crippen LogP contribution is 2.41. The molecule has 39 heavy (non-hydrogen) atoms. The van der Waals surface area contributed by atoms with Crippen molar-refractivity contribution in [1.82, 2.24) is 19.8 Å². The zero-order valence-corrected chi connectivity index (χ0v) is 23.3. The number of hydrogen-bond acceptors (Lipinski definition) is 6. The van der Waals surface area contributed by atoms with Crippen LogP contribution in [0.5, 0.6) is 5.75 Å². The number of ether oxygens (including phenoxy) is 1. The monoisotopic (exact) mass is 528 g/mol. The highest BCUT2D eigenvalue weighted by Gasteiger charge is 2.26. The first-order valence-corrected chi connectivity index (χ1v) is 14.2. The molecule has 8 heteroatoms. The second kappa shape index (κ2) is 12.5. The standard InChI is InChI=1S/C31H40N6O2/c1-4-39-30-27(6-5-7-28(30)25-12-16-35(17-13-25)23(2)3)24-8-10-26(11-9-24)34-31(38)37-20-18-36(19-21-37)29-22-32-14-15-33-29/h5-11,14-15,22-23,25H,4,12-13,16-21H2,1-3H3,(H,34,38). The number of nitrogens with one attached hydrogen (secondary N) is 1. The summed E-state index contributed by atoms with van der Waals surface area (Å²) in [5.74, 6) is 2.36. The van der Waals surface area contributed by atoms with Gasteiger partial charge in [-0.15, -0.1) is 0 Å². The lowest BCUT2D eigenvalue weighted by Crippen LogP contribution is -2.50. The minimum atomic E-state index is -0.0775. The van der Waals surface area contributed by atoms with E-state index in [0.29, 0.717) is 31.7 Å². The molecule has 0 spiro atoms. The Kier molecular flexibility index (Phi) is 8.61. The first kappa shape index (κ1) is 26.9. The van der Waals surface area contributed by atoms with Crippen LogP contribution < -0.4 is 15.0 Å². The zero-order valence-electron chi connectivity index (χ0n) is 23.3. The maximum atomic E-state index is 12.9. The Morgan fingerprint density at radius 3 is 2.38 bits per heavy atom. The molecule has 0 unspecified atom stereocenters. The van der Waals surface area contributed by atoms with E-state index in [1.165, 1.54) is 5.56 Å². The molecule has 0 aliphatic carbocycles. The second-order valence-electron chi connectivity index (χ2n) is 10.6. The van der Waals surface area contributed by atoms with Gasteiger partial charge in [0.1, 0.15) is 11.6 Å². The summed E-state index contributed by atoms with van der Waals surface area (Å²) in [4.78, 5) is 28.0. The number of amides is 2. The van der Waals surface area contributed by atoms with Crippen LogP contribution in [0.1, 0.15) is 45.1 Å². The number of likely N-dealkylation sites (tertiary alicyclic amines) is 1. The van der Waals surface area contributed by atoms with Gasteiger partial charge in [0.2, 0.25) is 0 Å². The van der Waals surface area contributed by atoms with Gasteiger partial charge in [-0.05, 0) is 75.9 Å². The Labute approximate surface area is 232 Å². The number of anilines is 2. The Hall–Kier alpha value is -3.65. The lowest BCUT2D eigenvalue weighted by molar-refractivity contribution is 0.170. The summed E-state index contributed by atoms with van der Waals surface area (Å²) in [5.41, 5.74) is 4.31. The fourth-order valence-electron chi connectivity index (χ4n) is 5.66. The van der Waals surface area contributed by atoms with Gasteiger partial charge in [0.05, 0.1) is 12.8 Å². The molecular formula is C31H40N6O2. The van der Waals surface area contributed by atoms with Gasteiger partial charge in [0.15, 0.2) is 0 Å². The Morgan fingerprint density at radius 1 is 1.00 bits per heavy atom. The van der Waals surface area contributed by atoms with Gasteiger partial charge in [0.25, 0.3) is 0 Å². The van der Waals surface area contributed by atoms with Crippen molar-refractivity contribution in [2.75, 3.05) is 56.1 Å². The summed E-state index contributed by atoms with van der Waals surface area (Å²) in [6, 6.07) is 15.2. The molecule has 0 radical (unpaired) electrons. The van der Waals surface area contributed by atoms with Crippen LogP contribution >= 0.6 is 0 Å². The molecule has 3 heterocycles. The molecule has 0 atom stereocenters. The van der Waals surface area contributed by atoms with Crippen LogP contribution in [0.2, 0.25) is 0 Å². The number of carbonyl (C=O) groups excluding carboxylic acids is 1. The molecule has 2 fully saturated rings. The van der Waals surface area contributed by atoms with Crippen molar-refractivity contribution in [3.8, 4) is 16.9 Å². The Balaban J connectivity index is 1.24. The SMILES string of the molecule is CCOc1c(-c2ccc(NC(=O)N3CCN(c4cnccn4)CC3)cc2)cccc1C1CCN(C(C)C)CC1. The summed E-state index contributed by atoms with van der Waals surface area (Å²) in [7, 11) is 0. The minimum Gasteiger partial charge on any atom is -0.493 e. The molecule has 0 bridgehead atoms. The van der Waals surface area contributed by atoms with E-state index in [0.717, 1.165) is 67.4 Å². The highest BCUT2D eigenvalue weighted by atomic mass is 16.5. The van der Waals surface area contributed by atoms with Gasteiger partial charge in [-0.3, -0.25) is 4.98 Å². The maximum absolute atomic E-state index is 12.9. The number of carbonyl (C=O) groups is 1. The molecule has 0 saturated carbocycles. The maximum Gasteiger partial charge on any atom is 0.321 e. The molecule has 2 aliphatic heterocycles. The van der Waals surface area contributed by atoms with E-state index in [1.807, 2.05) is 24.0 Å². The molecule has 2 aliphatic rings. The number of urea groups is 1. The summed E-state index contributed by atoms with van der Waals surface area (Å²) < 4.78 is 6.26. The average Bonchev–Trinajstić information content (AvgIpc) is 2.98. The number of hydrogen-bond donors (Lipinski definition) is 1. The normalized spacial score (nSPS) is 16.9. The number of piperidine rings is 1. The number of piperazine rings is 1. The van der Waals surface area contributed by atoms with Crippen molar-refractivity contribution in [3.05, 3.63) is 66.6 Å². The highest BCUT2D eigenvalue weighted by molar-refractivity contribution is 5.90. The molecule has 2 saturated heterocycles. The van der Waals surface area contributed by atoms with E-state index in [1.54, 1.807) is 18.6 Å². The molecule has 5 rings (SSSR count). The van der Waals surface area contributed by atoms with Gasteiger partial charge < -0.3 is 24.8 Å². The van der Waals surface area contributed by atoms with Crippen molar-refractivity contribution < 1.29 is 9.53 Å². The van der Waals surface area contributed by atoms with E-state index in [-0.39, 0.29) is 6.03 Å². The van der Waals surface area contributed by atoms with Crippen molar-refractivity contribution in [2.45, 2.75) is 45.6 Å².